The Balaban J connectivity index is 1.69. The molecule has 0 bridgehead atoms. The van der Waals surface area contributed by atoms with Crippen molar-refractivity contribution in [1.82, 2.24) is 9.88 Å². The van der Waals surface area contributed by atoms with E-state index < -0.39 is 5.97 Å². The summed E-state index contributed by atoms with van der Waals surface area (Å²) in [7, 11) is 0. The Morgan fingerprint density at radius 3 is 3.00 bits per heavy atom. The van der Waals surface area contributed by atoms with E-state index in [4.69, 9.17) is 15.1 Å². The van der Waals surface area contributed by atoms with Crippen LogP contribution in [0.25, 0.3) is 0 Å². The van der Waals surface area contributed by atoms with Crippen molar-refractivity contribution in [2.45, 2.75) is 13.0 Å². The van der Waals surface area contributed by atoms with Gasteiger partial charge in [-0.3, -0.25) is 9.69 Å². The van der Waals surface area contributed by atoms with E-state index in [0.29, 0.717) is 44.3 Å². The number of likely N-dealkylation sites (tertiary alicyclic amines) is 1. The van der Waals surface area contributed by atoms with Gasteiger partial charge < -0.3 is 15.1 Å². The summed E-state index contributed by atoms with van der Waals surface area (Å²) in [6.07, 6.45) is 0.566. The third kappa shape index (κ3) is 2.32. The number of aliphatic carboxylic acids is 1. The molecule has 1 saturated heterocycles. The summed E-state index contributed by atoms with van der Waals surface area (Å²) in [5.74, 6) is -0.527. The van der Waals surface area contributed by atoms with Gasteiger partial charge in [-0.2, -0.15) is 0 Å². The summed E-state index contributed by atoms with van der Waals surface area (Å²) in [5.41, 5.74) is 2.13. The summed E-state index contributed by atoms with van der Waals surface area (Å²) in [6.45, 7) is 2.16. The fourth-order valence-electron chi connectivity index (χ4n) is 2.46. The Hall–Kier alpha value is -2.15. The van der Waals surface area contributed by atoms with Crippen LogP contribution in [-0.4, -0.2) is 51.6 Å². The zero-order valence-electron chi connectivity index (χ0n) is 10.8. The number of hydrogen-bond donors (Lipinski definition) is 2. The van der Waals surface area contributed by atoms with Crippen LogP contribution in [-0.2, 0) is 11.3 Å². The molecule has 2 N–H and O–H groups in total. The quantitative estimate of drug-likeness (QED) is 0.619. The van der Waals surface area contributed by atoms with Crippen molar-refractivity contribution in [3.63, 3.8) is 0 Å². The van der Waals surface area contributed by atoms with Gasteiger partial charge in [-0.1, -0.05) is 5.16 Å². The number of carbonyl (C=O) groups is 1. The third-order valence-electron chi connectivity index (χ3n) is 3.62. The zero-order valence-corrected chi connectivity index (χ0v) is 10.8. The summed E-state index contributed by atoms with van der Waals surface area (Å²) in [4.78, 5) is 17.2. The largest absolute Gasteiger partial charge is 0.481 e. The highest BCUT2D eigenvalue weighted by atomic mass is 16.5. The molecule has 0 radical (unpaired) electrons. The maximum Gasteiger partial charge on any atom is 0.309 e. The van der Waals surface area contributed by atoms with Gasteiger partial charge in [0.1, 0.15) is 0 Å². The van der Waals surface area contributed by atoms with Crippen LogP contribution in [0, 0.1) is 5.92 Å². The first-order valence-electron chi connectivity index (χ1n) is 6.46. The molecule has 0 unspecified atom stereocenters. The topological polar surface area (TPSA) is 95.2 Å². The van der Waals surface area contributed by atoms with Crippen molar-refractivity contribution in [3.8, 4) is 5.88 Å². The number of aromatic nitrogens is 1. The Morgan fingerprint density at radius 1 is 1.50 bits per heavy atom. The number of oxime groups is 1. The van der Waals surface area contributed by atoms with Crippen LogP contribution in [0.5, 0.6) is 5.88 Å². The molecule has 0 saturated carbocycles. The first kappa shape index (κ1) is 12.9. The molecular weight excluding hydrogens is 262 g/mol. The van der Waals surface area contributed by atoms with Gasteiger partial charge in [0.15, 0.2) is 0 Å². The van der Waals surface area contributed by atoms with Gasteiger partial charge in [-0.05, 0) is 12.1 Å². The molecule has 20 heavy (non-hydrogen) atoms. The van der Waals surface area contributed by atoms with Crippen LogP contribution in [0.15, 0.2) is 17.3 Å². The van der Waals surface area contributed by atoms with E-state index in [1.54, 1.807) is 0 Å². The minimum absolute atomic E-state index is 0.267. The van der Waals surface area contributed by atoms with Crippen LogP contribution in [0.3, 0.4) is 0 Å². The van der Waals surface area contributed by atoms with E-state index in [2.05, 4.69) is 10.1 Å². The number of carboxylic acids is 1. The number of carboxylic acid groups (broad SMARTS) is 1. The van der Waals surface area contributed by atoms with E-state index in [1.807, 2.05) is 17.0 Å². The Morgan fingerprint density at radius 2 is 2.30 bits per heavy atom. The molecule has 7 heteroatoms. The predicted molar refractivity (Wildman–Crippen MR) is 69.1 cm³/mol. The van der Waals surface area contributed by atoms with Crippen LogP contribution in [0.2, 0.25) is 0 Å². The van der Waals surface area contributed by atoms with Crippen LogP contribution < -0.4 is 4.74 Å². The fourth-order valence-corrected chi connectivity index (χ4v) is 2.46. The van der Waals surface area contributed by atoms with Crippen molar-refractivity contribution in [1.29, 1.82) is 0 Å². The number of hydrogen-bond acceptors (Lipinski definition) is 6. The lowest BCUT2D eigenvalue weighted by atomic mass is 10.00. The van der Waals surface area contributed by atoms with E-state index in [1.165, 1.54) is 0 Å². The molecule has 2 aliphatic heterocycles. The molecular formula is C13H15N3O4. The maximum absolute atomic E-state index is 10.7. The average molecular weight is 277 g/mol. The minimum Gasteiger partial charge on any atom is -0.481 e. The number of nitrogens with zero attached hydrogens (tertiary/aromatic N) is 3. The highest BCUT2D eigenvalue weighted by Crippen LogP contribution is 2.25. The van der Waals surface area contributed by atoms with Crippen LogP contribution >= 0.6 is 0 Å². The van der Waals surface area contributed by atoms with E-state index in [0.717, 1.165) is 11.3 Å². The predicted octanol–water partition coefficient (Wildman–Crippen LogP) is 0.559. The molecule has 1 aromatic rings. The van der Waals surface area contributed by atoms with Crippen molar-refractivity contribution in [2.24, 2.45) is 11.1 Å². The number of pyridine rings is 1. The summed E-state index contributed by atoms with van der Waals surface area (Å²) in [6, 6.07) is 3.69. The smallest absolute Gasteiger partial charge is 0.309 e. The first-order chi connectivity index (χ1) is 9.67. The highest BCUT2D eigenvalue weighted by molar-refractivity contribution is 6.02. The fraction of sp³-hybridized carbons (Fsp3) is 0.462. The van der Waals surface area contributed by atoms with Gasteiger partial charge in [0.05, 0.1) is 29.5 Å². The lowest BCUT2D eigenvalue weighted by Crippen LogP contribution is -2.49. The molecule has 0 aliphatic carbocycles. The van der Waals surface area contributed by atoms with Gasteiger partial charge in [-0.15, -0.1) is 0 Å². The van der Waals surface area contributed by atoms with Crippen molar-refractivity contribution < 1.29 is 19.8 Å². The third-order valence-corrected chi connectivity index (χ3v) is 3.62. The summed E-state index contributed by atoms with van der Waals surface area (Å²) >= 11 is 0. The molecule has 0 amide bonds. The van der Waals surface area contributed by atoms with Gasteiger partial charge in [-0.25, -0.2) is 4.98 Å². The molecule has 7 nitrogen and oxygen atoms in total. The second-order valence-corrected chi connectivity index (χ2v) is 5.03. The normalized spacial score (nSPS) is 21.1. The molecule has 0 spiro atoms. The number of ether oxygens (including phenoxy) is 1. The lowest BCUT2D eigenvalue weighted by Gasteiger charge is -2.36. The minimum atomic E-state index is -0.744. The first-order valence-corrected chi connectivity index (χ1v) is 6.46. The molecule has 2 aliphatic rings. The van der Waals surface area contributed by atoms with Crippen molar-refractivity contribution in [3.05, 3.63) is 23.4 Å². The van der Waals surface area contributed by atoms with Crippen LogP contribution in [0.1, 0.15) is 17.7 Å². The van der Waals surface area contributed by atoms with Gasteiger partial charge in [0.2, 0.25) is 5.88 Å². The molecule has 0 aromatic carbocycles. The van der Waals surface area contributed by atoms with Crippen LogP contribution in [0.4, 0.5) is 0 Å². The second-order valence-electron chi connectivity index (χ2n) is 5.03. The molecule has 3 rings (SSSR count). The standard InChI is InChI=1S/C13H15N3O4/c17-13(18)8-5-16(6-8)7-9-1-2-10-11(15-19)3-4-20-12(10)14-9/h1-2,8,19H,3-7H2,(H,17,18)/b15-11+. The number of fused-ring (bicyclic) bond motifs is 1. The highest BCUT2D eigenvalue weighted by Gasteiger charge is 2.32. The molecule has 106 valence electrons. The summed E-state index contributed by atoms with van der Waals surface area (Å²) < 4.78 is 5.47. The maximum atomic E-state index is 10.7. The monoisotopic (exact) mass is 277 g/mol. The van der Waals surface area contributed by atoms with Gasteiger partial charge in [0, 0.05) is 26.1 Å². The van der Waals surface area contributed by atoms with Crippen molar-refractivity contribution in [2.75, 3.05) is 19.7 Å². The Labute approximate surface area is 115 Å². The van der Waals surface area contributed by atoms with E-state index in [9.17, 15) is 4.79 Å². The second kappa shape index (κ2) is 5.09. The van der Waals surface area contributed by atoms with E-state index in [-0.39, 0.29) is 5.92 Å². The lowest BCUT2D eigenvalue weighted by molar-refractivity contribution is -0.147. The van der Waals surface area contributed by atoms with Crippen molar-refractivity contribution >= 4 is 11.7 Å². The Kier molecular flexibility index (Phi) is 3.27. The molecule has 1 aromatic heterocycles. The molecule has 0 atom stereocenters. The molecule has 3 heterocycles. The summed E-state index contributed by atoms with van der Waals surface area (Å²) in [5, 5.41) is 21.0. The average Bonchev–Trinajstić information content (AvgIpc) is 2.40. The molecule has 1 fully saturated rings. The van der Waals surface area contributed by atoms with Gasteiger partial charge >= 0.3 is 5.97 Å². The zero-order chi connectivity index (χ0) is 14.1. The number of rotatable bonds is 3. The Bertz CT molecular complexity index is 567. The SMILES string of the molecule is O=C(O)C1CN(Cc2ccc3c(n2)OCC/C3=N\O)C1. The van der Waals surface area contributed by atoms with E-state index >= 15 is 0 Å². The van der Waals surface area contributed by atoms with Gasteiger partial charge in [0.25, 0.3) is 0 Å².